The minimum absolute atomic E-state index is 0.0487. The van der Waals surface area contributed by atoms with Gasteiger partial charge < -0.3 is 10.4 Å². The fourth-order valence-electron chi connectivity index (χ4n) is 2.63. The average molecular weight is 278 g/mol. The normalized spacial score (nSPS) is 23.5. The Morgan fingerprint density at radius 3 is 2.63 bits per heavy atom. The third-order valence-corrected chi connectivity index (χ3v) is 3.97. The Morgan fingerprint density at radius 2 is 1.84 bits per heavy atom. The van der Waals surface area contributed by atoms with Gasteiger partial charge in [0.05, 0.1) is 12.1 Å². The fourth-order valence-corrected chi connectivity index (χ4v) is 2.84. The molecule has 2 N–H and O–H groups in total. The molecule has 0 bridgehead atoms. The van der Waals surface area contributed by atoms with Crippen LogP contribution in [0.25, 0.3) is 10.8 Å². The number of aliphatic hydroxyl groups is 1. The smallest absolute Gasteiger partial charge is 0.159 e. The number of hydrogen-bond acceptors (Lipinski definition) is 4. The third-order valence-electron chi connectivity index (χ3n) is 3.69. The zero-order valence-electron chi connectivity index (χ0n) is 10.5. The Hall–Kier alpha value is -1.39. The van der Waals surface area contributed by atoms with Gasteiger partial charge in [0.2, 0.25) is 0 Å². The molecule has 4 nitrogen and oxygen atoms in total. The molecule has 100 valence electrons. The highest BCUT2D eigenvalue weighted by Crippen LogP contribution is 2.28. The monoisotopic (exact) mass is 277 g/mol. The van der Waals surface area contributed by atoms with E-state index in [9.17, 15) is 5.11 Å². The number of aliphatic hydroxyl groups excluding tert-OH is 1. The number of nitrogens with one attached hydrogen (secondary N) is 1. The summed E-state index contributed by atoms with van der Waals surface area (Å²) in [6.07, 6.45) is 3.71. The fraction of sp³-hybridized carbons (Fsp3) is 0.429. The molecule has 5 heteroatoms. The van der Waals surface area contributed by atoms with Crippen LogP contribution in [0.2, 0.25) is 5.15 Å². The molecule has 1 aromatic carbocycles. The van der Waals surface area contributed by atoms with Crippen molar-refractivity contribution in [2.24, 2.45) is 0 Å². The molecule has 1 aliphatic rings. The van der Waals surface area contributed by atoms with Gasteiger partial charge in [0, 0.05) is 10.8 Å². The second kappa shape index (κ2) is 5.31. The van der Waals surface area contributed by atoms with E-state index in [4.69, 9.17) is 11.6 Å². The van der Waals surface area contributed by atoms with Crippen molar-refractivity contribution in [1.82, 2.24) is 10.2 Å². The first kappa shape index (κ1) is 12.6. The summed E-state index contributed by atoms with van der Waals surface area (Å²) < 4.78 is 0. The van der Waals surface area contributed by atoms with Gasteiger partial charge in [-0.1, -0.05) is 48.7 Å². The van der Waals surface area contributed by atoms with Crippen LogP contribution in [0.3, 0.4) is 0 Å². The molecule has 3 rings (SSSR count). The van der Waals surface area contributed by atoms with E-state index in [1.54, 1.807) is 0 Å². The Kier molecular flexibility index (Phi) is 3.53. The zero-order valence-corrected chi connectivity index (χ0v) is 11.3. The lowest BCUT2D eigenvalue weighted by molar-refractivity contribution is 0.116. The van der Waals surface area contributed by atoms with Gasteiger partial charge in [-0.2, -0.15) is 0 Å². The van der Waals surface area contributed by atoms with E-state index < -0.39 is 0 Å². The quantitative estimate of drug-likeness (QED) is 0.886. The molecule has 1 fully saturated rings. The van der Waals surface area contributed by atoms with Gasteiger partial charge in [-0.05, 0) is 12.8 Å². The summed E-state index contributed by atoms with van der Waals surface area (Å²) in [5.74, 6) is 0.700. The van der Waals surface area contributed by atoms with Crippen LogP contribution in [0.5, 0.6) is 0 Å². The summed E-state index contributed by atoms with van der Waals surface area (Å²) in [6.45, 7) is 0. The van der Waals surface area contributed by atoms with Crippen LogP contribution in [0.15, 0.2) is 24.3 Å². The molecule has 1 aromatic heterocycles. The number of hydrogen-bond donors (Lipinski definition) is 2. The Morgan fingerprint density at radius 1 is 1.11 bits per heavy atom. The highest BCUT2D eigenvalue weighted by Gasteiger charge is 2.23. The van der Waals surface area contributed by atoms with Gasteiger partial charge in [-0.3, -0.25) is 0 Å². The summed E-state index contributed by atoms with van der Waals surface area (Å²) in [6, 6.07) is 7.81. The Labute approximate surface area is 116 Å². The molecule has 0 unspecified atom stereocenters. The first-order chi connectivity index (χ1) is 9.25. The lowest BCUT2D eigenvalue weighted by Gasteiger charge is -2.28. The van der Waals surface area contributed by atoms with E-state index in [-0.39, 0.29) is 12.1 Å². The predicted molar refractivity (Wildman–Crippen MR) is 76.4 cm³/mol. The summed E-state index contributed by atoms with van der Waals surface area (Å²) in [5.41, 5.74) is 0. The maximum Gasteiger partial charge on any atom is 0.159 e. The van der Waals surface area contributed by atoms with Crippen LogP contribution < -0.4 is 5.32 Å². The molecule has 19 heavy (non-hydrogen) atoms. The third kappa shape index (κ3) is 2.51. The van der Waals surface area contributed by atoms with Crippen molar-refractivity contribution >= 4 is 28.2 Å². The molecule has 0 aliphatic heterocycles. The van der Waals surface area contributed by atoms with Crippen LogP contribution in [0.4, 0.5) is 5.82 Å². The van der Waals surface area contributed by atoms with Crippen molar-refractivity contribution in [3.63, 3.8) is 0 Å². The Bertz CT molecular complexity index is 590. The number of nitrogens with zero attached hydrogens (tertiary/aromatic N) is 2. The average Bonchev–Trinajstić information content (AvgIpc) is 2.44. The van der Waals surface area contributed by atoms with Crippen LogP contribution in [-0.4, -0.2) is 27.4 Å². The summed E-state index contributed by atoms with van der Waals surface area (Å²) >= 11 is 6.05. The van der Waals surface area contributed by atoms with E-state index in [1.165, 1.54) is 0 Å². The molecule has 0 saturated heterocycles. The van der Waals surface area contributed by atoms with E-state index in [0.29, 0.717) is 11.0 Å². The second-order valence-corrected chi connectivity index (χ2v) is 5.35. The van der Waals surface area contributed by atoms with Crippen molar-refractivity contribution in [2.45, 2.75) is 37.8 Å². The van der Waals surface area contributed by atoms with E-state index in [2.05, 4.69) is 15.5 Å². The Balaban J connectivity index is 1.94. The van der Waals surface area contributed by atoms with Crippen LogP contribution in [0, 0.1) is 0 Å². The van der Waals surface area contributed by atoms with Crippen LogP contribution in [-0.2, 0) is 0 Å². The molecule has 1 aliphatic carbocycles. The number of anilines is 1. The first-order valence-electron chi connectivity index (χ1n) is 6.61. The van der Waals surface area contributed by atoms with Crippen LogP contribution in [0.1, 0.15) is 25.7 Å². The number of rotatable bonds is 2. The molecule has 0 amide bonds. The van der Waals surface area contributed by atoms with E-state index in [0.717, 1.165) is 36.5 Å². The van der Waals surface area contributed by atoms with Crippen molar-refractivity contribution in [1.29, 1.82) is 0 Å². The molecule has 2 atom stereocenters. The molecule has 0 spiro atoms. The summed E-state index contributed by atoms with van der Waals surface area (Å²) in [4.78, 5) is 0. The van der Waals surface area contributed by atoms with Crippen molar-refractivity contribution in [2.75, 3.05) is 5.32 Å². The predicted octanol–water partition coefficient (Wildman–Crippen LogP) is 3.00. The first-order valence-corrected chi connectivity index (χ1v) is 6.99. The van der Waals surface area contributed by atoms with Crippen LogP contribution >= 0.6 is 11.6 Å². The van der Waals surface area contributed by atoms with Gasteiger partial charge in [0.15, 0.2) is 11.0 Å². The number of aromatic nitrogens is 2. The largest absolute Gasteiger partial charge is 0.391 e. The molecule has 1 saturated carbocycles. The van der Waals surface area contributed by atoms with Gasteiger partial charge in [-0.15, -0.1) is 10.2 Å². The van der Waals surface area contributed by atoms with Crippen molar-refractivity contribution in [3.05, 3.63) is 29.4 Å². The van der Waals surface area contributed by atoms with Gasteiger partial charge in [0.1, 0.15) is 0 Å². The number of fused-ring (bicyclic) bond motifs is 1. The minimum atomic E-state index is -0.315. The molecule has 2 aromatic rings. The molecular formula is C14H16ClN3O. The highest BCUT2D eigenvalue weighted by atomic mass is 35.5. The standard InChI is InChI=1S/C14H16ClN3O/c15-13-9-5-1-2-6-10(9)14(18-17-13)16-11-7-3-4-8-12(11)19/h1-2,5-6,11-12,19H,3-4,7-8H2,(H,16,18)/t11-,12-/m1/s1. The molecule has 0 radical (unpaired) electrons. The van der Waals surface area contributed by atoms with Gasteiger partial charge in [0.25, 0.3) is 0 Å². The lowest BCUT2D eigenvalue weighted by atomic mass is 9.92. The zero-order chi connectivity index (χ0) is 13.2. The number of halogens is 1. The van der Waals surface area contributed by atoms with E-state index in [1.807, 2.05) is 24.3 Å². The lowest BCUT2D eigenvalue weighted by Crippen LogP contribution is -2.36. The second-order valence-electron chi connectivity index (χ2n) is 4.99. The SMILES string of the molecule is O[C@@H]1CCCC[C@H]1Nc1nnc(Cl)c2ccccc12. The van der Waals surface area contributed by atoms with Crippen molar-refractivity contribution in [3.8, 4) is 0 Å². The van der Waals surface area contributed by atoms with Gasteiger partial charge >= 0.3 is 0 Å². The van der Waals surface area contributed by atoms with Gasteiger partial charge in [-0.25, -0.2) is 0 Å². The molecular weight excluding hydrogens is 262 g/mol. The molecule has 1 heterocycles. The maximum atomic E-state index is 10.0. The summed E-state index contributed by atoms with van der Waals surface area (Å²) in [5, 5.41) is 23.7. The van der Waals surface area contributed by atoms with Crippen molar-refractivity contribution < 1.29 is 5.11 Å². The van der Waals surface area contributed by atoms with E-state index >= 15 is 0 Å². The highest BCUT2D eigenvalue weighted by molar-refractivity contribution is 6.34. The minimum Gasteiger partial charge on any atom is -0.391 e. The summed E-state index contributed by atoms with van der Waals surface area (Å²) in [7, 11) is 0. The topological polar surface area (TPSA) is 58.0 Å². The number of benzene rings is 1. The maximum absolute atomic E-state index is 10.0.